The maximum absolute atomic E-state index is 9.90. The summed E-state index contributed by atoms with van der Waals surface area (Å²) in [5, 5.41) is 46.5. The second kappa shape index (κ2) is 54.6. The molecule has 0 aromatic carbocycles. The maximum atomic E-state index is 9.90. The molecule has 3 rings (SSSR count). The summed E-state index contributed by atoms with van der Waals surface area (Å²) in [7, 11) is 2.00. The topological polar surface area (TPSA) is 156 Å². The van der Waals surface area contributed by atoms with E-state index in [-0.39, 0.29) is 12.8 Å². The number of aliphatic hydroxyl groups excluding tert-OH is 3. The van der Waals surface area contributed by atoms with Crippen LogP contribution in [0, 0.1) is 0 Å². The molecule has 0 aromatic heterocycles. The molecular formula is C42H88O8. The van der Waals surface area contributed by atoms with Crippen molar-refractivity contribution < 1.29 is 40.2 Å². The first-order chi connectivity index (χ1) is 24.4. The Kier molecular flexibility index (Phi) is 60.6. The van der Waals surface area contributed by atoms with Gasteiger partial charge < -0.3 is 30.6 Å². The van der Waals surface area contributed by atoms with Gasteiger partial charge in [-0.15, -0.1) is 0 Å². The van der Waals surface area contributed by atoms with Gasteiger partial charge in [-0.3, -0.25) is 9.59 Å². The van der Waals surface area contributed by atoms with E-state index in [0.717, 1.165) is 20.6 Å². The summed E-state index contributed by atoms with van der Waals surface area (Å²) in [6.07, 6.45) is 46.2. The van der Waals surface area contributed by atoms with Gasteiger partial charge in [0, 0.05) is 27.1 Å². The van der Waals surface area contributed by atoms with Crippen LogP contribution in [0.2, 0.25) is 0 Å². The molecule has 3 fully saturated rings. The zero-order valence-electron chi connectivity index (χ0n) is 33.5. The number of hydrogen-bond donors (Lipinski definition) is 6. The zero-order chi connectivity index (χ0) is 38.2. The second-order valence-electron chi connectivity index (χ2n) is 13.9. The van der Waals surface area contributed by atoms with Crippen molar-refractivity contribution in [3.63, 3.8) is 0 Å². The van der Waals surface area contributed by atoms with Crippen LogP contribution in [-0.4, -0.2) is 63.1 Å². The van der Waals surface area contributed by atoms with E-state index < -0.39 is 18.2 Å². The van der Waals surface area contributed by atoms with Crippen molar-refractivity contribution in [2.75, 3.05) is 14.2 Å². The smallest absolute Gasteiger partial charge is 0.303 e. The van der Waals surface area contributed by atoms with E-state index in [4.69, 9.17) is 30.6 Å². The Morgan fingerprint density at radius 1 is 0.380 bits per heavy atom. The first kappa shape index (κ1) is 55.5. The second-order valence-corrected chi connectivity index (χ2v) is 13.9. The van der Waals surface area contributed by atoms with Gasteiger partial charge in [-0.25, -0.2) is 0 Å². The molecule has 0 amide bonds. The largest absolute Gasteiger partial charge is 0.481 e. The molecule has 0 aromatic rings. The lowest BCUT2D eigenvalue weighted by atomic mass is 10.0. The highest BCUT2D eigenvalue weighted by molar-refractivity contribution is 5.67. The van der Waals surface area contributed by atoms with Gasteiger partial charge in [0.25, 0.3) is 0 Å². The lowest BCUT2D eigenvalue weighted by Gasteiger charge is -2.05. The number of aliphatic carboxylic acids is 2. The van der Waals surface area contributed by atoms with Crippen molar-refractivity contribution in [3.8, 4) is 0 Å². The molecular weight excluding hydrogens is 632 g/mol. The fourth-order valence-corrected chi connectivity index (χ4v) is 6.11. The molecule has 6 N–H and O–H groups in total. The Morgan fingerprint density at radius 2 is 0.520 bits per heavy atom. The Morgan fingerprint density at radius 3 is 0.580 bits per heavy atom. The molecule has 0 heterocycles. The van der Waals surface area contributed by atoms with Crippen molar-refractivity contribution in [2.45, 2.75) is 244 Å². The summed E-state index contributed by atoms with van der Waals surface area (Å²) in [4.78, 5) is 19.8. The van der Waals surface area contributed by atoms with Crippen LogP contribution in [0.5, 0.6) is 0 Å². The van der Waals surface area contributed by atoms with E-state index in [1.54, 1.807) is 0 Å². The van der Waals surface area contributed by atoms with Crippen molar-refractivity contribution in [2.24, 2.45) is 0 Å². The Balaban J connectivity index is -0.000000260. The fraction of sp³-hybridized carbons (Fsp3) is 0.952. The first-order valence-corrected chi connectivity index (χ1v) is 21.1. The Hall–Kier alpha value is -1.22. The summed E-state index contributed by atoms with van der Waals surface area (Å²) in [5.41, 5.74) is 0. The van der Waals surface area contributed by atoms with Crippen LogP contribution in [0.3, 0.4) is 0 Å². The number of carboxylic acid groups (broad SMARTS) is 2. The molecule has 0 spiro atoms. The molecule has 0 unspecified atom stereocenters. The van der Waals surface area contributed by atoms with E-state index in [9.17, 15) is 9.59 Å². The SMILES string of the molecule is C1CCCCCCCCC1.C1CCCCCCCCC1.C1CCCCCCCCC1.CCCC(O)O.CO.CO.O=C(O)CCCCC(=O)O. The van der Waals surface area contributed by atoms with Crippen molar-refractivity contribution >= 4 is 11.9 Å². The Bertz CT molecular complexity index is 437. The molecule has 0 radical (unpaired) electrons. The number of aliphatic hydroxyl groups is 4. The average molecular weight is 721 g/mol. The summed E-state index contributed by atoms with van der Waals surface area (Å²) < 4.78 is 0. The zero-order valence-corrected chi connectivity index (χ0v) is 33.5. The van der Waals surface area contributed by atoms with Crippen LogP contribution in [0.15, 0.2) is 0 Å². The highest BCUT2D eigenvalue weighted by Crippen LogP contribution is 2.17. The molecule has 0 bridgehead atoms. The van der Waals surface area contributed by atoms with Gasteiger partial charge in [-0.1, -0.05) is 206 Å². The third-order valence-corrected chi connectivity index (χ3v) is 9.08. The molecule has 0 saturated heterocycles. The minimum atomic E-state index is -1.10. The van der Waals surface area contributed by atoms with E-state index in [2.05, 4.69) is 0 Å². The molecule has 0 aliphatic heterocycles. The standard InChI is InChI=1S/3C10H20.C6H10O4.C4H10O2.2CH4O/c3*1-2-4-6-8-10-9-7-5-3-1;7-5(8)3-1-2-4-6(9)10;1-2-3-4(5)6;2*1-2/h3*1-10H2;1-4H2,(H,7,8)(H,9,10);4-6H,2-3H2,1H3;2*2H,1H3. The predicted octanol–water partition coefficient (Wildman–Crippen LogP) is 11.7. The summed E-state index contributed by atoms with van der Waals surface area (Å²) in [6, 6.07) is 0. The van der Waals surface area contributed by atoms with Gasteiger partial charge in [0.1, 0.15) is 0 Å². The molecule has 8 heteroatoms. The molecule has 304 valence electrons. The highest BCUT2D eigenvalue weighted by Gasteiger charge is 2.00. The van der Waals surface area contributed by atoms with Crippen LogP contribution < -0.4 is 0 Å². The van der Waals surface area contributed by atoms with Gasteiger partial charge in [-0.2, -0.15) is 0 Å². The van der Waals surface area contributed by atoms with Gasteiger partial charge in [0.15, 0.2) is 6.29 Å². The first-order valence-electron chi connectivity index (χ1n) is 21.1. The predicted molar refractivity (Wildman–Crippen MR) is 212 cm³/mol. The van der Waals surface area contributed by atoms with E-state index in [1.165, 1.54) is 193 Å². The highest BCUT2D eigenvalue weighted by atomic mass is 16.5. The van der Waals surface area contributed by atoms with Gasteiger partial charge in [0.2, 0.25) is 0 Å². The molecule has 0 atom stereocenters. The van der Waals surface area contributed by atoms with Crippen molar-refractivity contribution in [1.82, 2.24) is 0 Å². The fourth-order valence-electron chi connectivity index (χ4n) is 6.11. The third-order valence-electron chi connectivity index (χ3n) is 9.08. The van der Waals surface area contributed by atoms with E-state index in [0.29, 0.717) is 19.3 Å². The molecule has 8 nitrogen and oxygen atoms in total. The van der Waals surface area contributed by atoms with Crippen molar-refractivity contribution in [3.05, 3.63) is 0 Å². The van der Waals surface area contributed by atoms with Crippen LogP contribution in [0.25, 0.3) is 0 Å². The van der Waals surface area contributed by atoms with Gasteiger partial charge in [0.05, 0.1) is 0 Å². The number of rotatable bonds is 7. The number of unbranched alkanes of at least 4 members (excludes halogenated alkanes) is 1. The minimum absolute atomic E-state index is 0.0628. The van der Waals surface area contributed by atoms with Crippen molar-refractivity contribution in [1.29, 1.82) is 0 Å². The third kappa shape index (κ3) is 65.2. The number of carbonyl (C=O) groups is 2. The van der Waals surface area contributed by atoms with E-state index >= 15 is 0 Å². The Labute approximate surface area is 310 Å². The maximum Gasteiger partial charge on any atom is 0.303 e. The molecule has 50 heavy (non-hydrogen) atoms. The van der Waals surface area contributed by atoms with Crippen LogP contribution in [0.1, 0.15) is 238 Å². The quantitative estimate of drug-likeness (QED) is 0.112. The normalized spacial score (nSPS) is 17.7. The summed E-state index contributed by atoms with van der Waals surface area (Å²) in [6.45, 7) is 1.90. The van der Waals surface area contributed by atoms with Gasteiger partial charge in [-0.05, 0) is 19.3 Å². The molecule has 3 saturated carbocycles. The van der Waals surface area contributed by atoms with Crippen LogP contribution >= 0.6 is 0 Å². The number of carboxylic acids is 2. The number of hydrogen-bond acceptors (Lipinski definition) is 6. The average Bonchev–Trinajstić information content (AvgIpc) is 3.13. The lowest BCUT2D eigenvalue weighted by molar-refractivity contribution is -0.139. The van der Waals surface area contributed by atoms with E-state index in [1.807, 2.05) is 6.92 Å². The summed E-state index contributed by atoms with van der Waals surface area (Å²) >= 11 is 0. The minimum Gasteiger partial charge on any atom is -0.481 e. The molecule has 3 aliphatic carbocycles. The van der Waals surface area contributed by atoms with Crippen LogP contribution in [0.4, 0.5) is 0 Å². The van der Waals surface area contributed by atoms with Gasteiger partial charge >= 0.3 is 11.9 Å². The summed E-state index contributed by atoms with van der Waals surface area (Å²) in [5.74, 6) is -1.74. The monoisotopic (exact) mass is 721 g/mol. The lowest BCUT2D eigenvalue weighted by Crippen LogP contribution is -2.01. The van der Waals surface area contributed by atoms with Crippen LogP contribution in [-0.2, 0) is 9.59 Å². The molecule has 3 aliphatic rings.